The second kappa shape index (κ2) is 11.2. The van der Waals surface area contributed by atoms with Crippen molar-refractivity contribution in [1.82, 2.24) is 9.88 Å². The summed E-state index contributed by atoms with van der Waals surface area (Å²) in [6.45, 7) is 3.08. The number of aromatic nitrogens is 1. The zero-order valence-corrected chi connectivity index (χ0v) is 20.0. The highest BCUT2D eigenvalue weighted by Crippen LogP contribution is 2.24. The van der Waals surface area contributed by atoms with E-state index in [4.69, 9.17) is 4.74 Å². The number of thioether (sulfide) groups is 1. The fourth-order valence-corrected chi connectivity index (χ4v) is 5.23. The molecule has 2 amide bonds. The molecule has 1 aliphatic heterocycles. The van der Waals surface area contributed by atoms with Crippen LogP contribution in [0.15, 0.2) is 64.3 Å². The molecule has 0 saturated carbocycles. The first kappa shape index (κ1) is 23.1. The molecule has 172 valence electrons. The molecule has 3 aromatic rings. The lowest BCUT2D eigenvalue weighted by Crippen LogP contribution is -2.49. The molecule has 0 unspecified atom stereocenters. The second-order valence-corrected chi connectivity index (χ2v) is 9.63. The number of para-hydroxylation sites is 1. The average Bonchev–Trinajstić information content (AvgIpc) is 3.30. The van der Waals surface area contributed by atoms with Gasteiger partial charge in [-0.15, -0.1) is 11.3 Å². The van der Waals surface area contributed by atoms with Gasteiger partial charge < -0.3 is 19.9 Å². The Morgan fingerprint density at radius 1 is 1.09 bits per heavy atom. The Bertz CT molecular complexity index is 1080. The Morgan fingerprint density at radius 3 is 2.64 bits per heavy atom. The standard InChI is InChI=1S/C24H26N4O3S2/c1-31-21-9-5-6-18(14-21)25-22(29)17-33-24-26-19(16-32-24)15-23(30)28-12-10-27(11-13-28)20-7-3-2-4-8-20/h2-9,14,16H,10-13,15,17H2,1H3,(H,25,29). The maximum Gasteiger partial charge on any atom is 0.234 e. The van der Waals surface area contributed by atoms with Crippen molar-refractivity contribution in [3.05, 3.63) is 65.7 Å². The number of nitrogens with zero attached hydrogens (tertiary/aromatic N) is 3. The molecule has 2 aromatic carbocycles. The zero-order chi connectivity index (χ0) is 23.0. The van der Waals surface area contributed by atoms with Crippen molar-refractivity contribution in [3.63, 3.8) is 0 Å². The molecule has 4 rings (SSSR count). The summed E-state index contributed by atoms with van der Waals surface area (Å²) in [6.07, 6.45) is 0.290. The van der Waals surface area contributed by atoms with E-state index in [2.05, 4.69) is 27.3 Å². The van der Waals surface area contributed by atoms with Gasteiger partial charge in [0, 0.05) is 49.0 Å². The van der Waals surface area contributed by atoms with E-state index in [1.165, 1.54) is 28.8 Å². The lowest BCUT2D eigenvalue weighted by Gasteiger charge is -2.36. The van der Waals surface area contributed by atoms with Gasteiger partial charge in [-0.05, 0) is 24.3 Å². The number of amides is 2. The molecule has 0 radical (unpaired) electrons. The molecule has 1 aliphatic rings. The van der Waals surface area contributed by atoms with E-state index in [1.807, 2.05) is 46.7 Å². The SMILES string of the molecule is COc1cccc(NC(=O)CSc2nc(CC(=O)N3CCN(c4ccccc4)CC3)cs2)c1. The van der Waals surface area contributed by atoms with Crippen molar-refractivity contribution < 1.29 is 14.3 Å². The number of hydrogen-bond acceptors (Lipinski definition) is 7. The van der Waals surface area contributed by atoms with E-state index < -0.39 is 0 Å². The molecule has 0 bridgehead atoms. The van der Waals surface area contributed by atoms with E-state index in [0.29, 0.717) is 30.9 Å². The van der Waals surface area contributed by atoms with E-state index in [9.17, 15) is 9.59 Å². The van der Waals surface area contributed by atoms with Crippen LogP contribution in [0.4, 0.5) is 11.4 Å². The minimum atomic E-state index is -0.114. The van der Waals surface area contributed by atoms with Gasteiger partial charge >= 0.3 is 0 Å². The average molecular weight is 483 g/mol. The van der Waals surface area contributed by atoms with Crippen LogP contribution in [0, 0.1) is 0 Å². The first-order valence-corrected chi connectivity index (χ1v) is 12.6. The van der Waals surface area contributed by atoms with Gasteiger partial charge in [-0.25, -0.2) is 4.98 Å². The van der Waals surface area contributed by atoms with Gasteiger partial charge in [0.1, 0.15) is 5.75 Å². The van der Waals surface area contributed by atoms with Gasteiger partial charge in [0.2, 0.25) is 11.8 Å². The van der Waals surface area contributed by atoms with E-state index >= 15 is 0 Å². The molecule has 7 nitrogen and oxygen atoms in total. The largest absolute Gasteiger partial charge is 0.497 e. The third-order valence-corrected chi connectivity index (χ3v) is 7.37. The third kappa shape index (κ3) is 6.49. The number of carbonyl (C=O) groups excluding carboxylic acids is 2. The number of anilines is 2. The lowest BCUT2D eigenvalue weighted by atomic mass is 10.2. The highest BCUT2D eigenvalue weighted by atomic mass is 32.2. The van der Waals surface area contributed by atoms with Gasteiger partial charge in [-0.2, -0.15) is 0 Å². The molecule has 0 atom stereocenters. The minimum absolute atomic E-state index is 0.0975. The van der Waals surface area contributed by atoms with Crippen LogP contribution < -0.4 is 15.0 Å². The van der Waals surface area contributed by atoms with E-state index in [1.54, 1.807) is 13.2 Å². The maximum absolute atomic E-state index is 12.7. The minimum Gasteiger partial charge on any atom is -0.497 e. The summed E-state index contributed by atoms with van der Waals surface area (Å²) in [5.74, 6) is 0.924. The summed E-state index contributed by atoms with van der Waals surface area (Å²) in [6, 6.07) is 17.5. The molecule has 0 aliphatic carbocycles. The van der Waals surface area contributed by atoms with Crippen molar-refractivity contribution in [3.8, 4) is 5.75 Å². The van der Waals surface area contributed by atoms with E-state index in [-0.39, 0.29) is 17.6 Å². The quantitative estimate of drug-likeness (QED) is 0.493. The molecule has 33 heavy (non-hydrogen) atoms. The number of hydrogen-bond donors (Lipinski definition) is 1. The predicted octanol–water partition coefficient (Wildman–Crippen LogP) is 3.77. The van der Waals surface area contributed by atoms with Gasteiger partial charge in [0.05, 0.1) is 25.0 Å². The second-order valence-electron chi connectivity index (χ2n) is 7.55. The van der Waals surface area contributed by atoms with Crippen molar-refractivity contribution in [2.45, 2.75) is 10.8 Å². The molecule has 2 heterocycles. The maximum atomic E-state index is 12.7. The van der Waals surface area contributed by atoms with Gasteiger partial charge in [0.15, 0.2) is 4.34 Å². The summed E-state index contributed by atoms with van der Waals surface area (Å²) in [5.41, 5.74) is 2.64. The van der Waals surface area contributed by atoms with Crippen LogP contribution in [0.3, 0.4) is 0 Å². The monoisotopic (exact) mass is 482 g/mol. The number of ether oxygens (including phenoxy) is 1. The van der Waals surface area contributed by atoms with Crippen LogP contribution in [0.1, 0.15) is 5.69 Å². The Balaban J connectivity index is 1.21. The smallest absolute Gasteiger partial charge is 0.234 e. The van der Waals surface area contributed by atoms with Crippen LogP contribution in [0.5, 0.6) is 5.75 Å². The number of thiazole rings is 1. The topological polar surface area (TPSA) is 74.8 Å². The summed E-state index contributed by atoms with van der Waals surface area (Å²) >= 11 is 2.83. The number of benzene rings is 2. The number of carbonyl (C=O) groups is 2. The molecule has 1 saturated heterocycles. The Labute approximate surface area is 201 Å². The molecule has 1 N–H and O–H groups in total. The fraction of sp³-hybridized carbons (Fsp3) is 0.292. The first-order chi connectivity index (χ1) is 16.1. The predicted molar refractivity (Wildman–Crippen MR) is 133 cm³/mol. The summed E-state index contributed by atoms with van der Waals surface area (Å²) < 4.78 is 5.96. The third-order valence-electron chi connectivity index (χ3n) is 5.30. The van der Waals surface area contributed by atoms with Crippen LogP contribution in [0.2, 0.25) is 0 Å². The number of methoxy groups -OCH3 is 1. The Hall–Kier alpha value is -3.04. The van der Waals surface area contributed by atoms with Crippen molar-refractivity contribution in [2.24, 2.45) is 0 Å². The van der Waals surface area contributed by atoms with Crippen LogP contribution in [-0.4, -0.2) is 60.7 Å². The molecular weight excluding hydrogens is 456 g/mol. The summed E-state index contributed by atoms with van der Waals surface area (Å²) in [4.78, 5) is 33.7. The molecule has 1 aromatic heterocycles. The fourth-order valence-electron chi connectivity index (χ4n) is 3.58. The zero-order valence-electron chi connectivity index (χ0n) is 18.4. The van der Waals surface area contributed by atoms with Crippen molar-refractivity contribution >= 4 is 46.3 Å². The van der Waals surface area contributed by atoms with Crippen molar-refractivity contribution in [2.75, 3.05) is 49.3 Å². The highest BCUT2D eigenvalue weighted by Gasteiger charge is 2.22. The molecule has 1 fully saturated rings. The van der Waals surface area contributed by atoms with Gasteiger partial charge in [-0.1, -0.05) is 36.0 Å². The number of rotatable bonds is 8. The first-order valence-electron chi connectivity index (χ1n) is 10.7. The van der Waals surface area contributed by atoms with Gasteiger partial charge in [-0.3, -0.25) is 9.59 Å². The Morgan fingerprint density at radius 2 is 1.88 bits per heavy atom. The summed E-state index contributed by atoms with van der Waals surface area (Å²) in [5, 5.41) is 4.76. The van der Waals surface area contributed by atoms with Crippen LogP contribution in [-0.2, 0) is 16.0 Å². The normalized spacial score (nSPS) is 13.6. The highest BCUT2D eigenvalue weighted by molar-refractivity contribution is 8.01. The molecule has 9 heteroatoms. The van der Waals surface area contributed by atoms with Gasteiger partial charge in [0.25, 0.3) is 0 Å². The molecule has 0 spiro atoms. The van der Waals surface area contributed by atoms with Crippen LogP contribution in [0.25, 0.3) is 0 Å². The lowest BCUT2D eigenvalue weighted by molar-refractivity contribution is -0.130. The Kier molecular flexibility index (Phi) is 7.85. The van der Waals surface area contributed by atoms with Crippen molar-refractivity contribution in [1.29, 1.82) is 0 Å². The van der Waals surface area contributed by atoms with Crippen LogP contribution >= 0.6 is 23.1 Å². The van der Waals surface area contributed by atoms with E-state index in [0.717, 1.165) is 23.1 Å². The molecular formula is C24H26N4O3S2. The number of piperazine rings is 1. The summed E-state index contributed by atoms with van der Waals surface area (Å²) in [7, 11) is 1.59. The number of nitrogens with one attached hydrogen (secondary N) is 1.